The van der Waals surface area contributed by atoms with Crippen LogP contribution in [0.1, 0.15) is 27.0 Å². The molecular weight excluding hydrogens is 372 g/mol. The lowest BCUT2D eigenvalue weighted by Crippen LogP contribution is -2.16. The van der Waals surface area contributed by atoms with Gasteiger partial charge in [0.25, 0.3) is 15.9 Å². The van der Waals surface area contributed by atoms with Gasteiger partial charge < -0.3 is 5.32 Å². The van der Waals surface area contributed by atoms with Crippen molar-refractivity contribution in [2.24, 2.45) is 0 Å². The topological polar surface area (TPSA) is 75.3 Å². The Morgan fingerprint density at radius 2 is 1.54 bits per heavy atom. The third-order valence-electron chi connectivity index (χ3n) is 4.32. The summed E-state index contributed by atoms with van der Waals surface area (Å²) < 4.78 is 28.2. The van der Waals surface area contributed by atoms with Gasteiger partial charge in [-0.1, -0.05) is 30.3 Å². The number of anilines is 2. The molecule has 0 saturated heterocycles. The molecule has 0 bridgehead atoms. The number of benzene rings is 3. The molecule has 6 heteroatoms. The highest BCUT2D eigenvalue weighted by Gasteiger charge is 2.17. The first-order valence-electron chi connectivity index (χ1n) is 8.83. The number of nitrogens with one attached hydrogen (secondary N) is 2. The van der Waals surface area contributed by atoms with Crippen molar-refractivity contribution in [2.45, 2.75) is 25.7 Å². The maximum absolute atomic E-state index is 12.8. The number of carbonyl (C=O) groups is 1. The molecule has 3 aromatic carbocycles. The number of sulfonamides is 1. The van der Waals surface area contributed by atoms with Crippen molar-refractivity contribution in [1.29, 1.82) is 0 Å². The first-order valence-corrected chi connectivity index (χ1v) is 10.3. The lowest BCUT2D eigenvalue weighted by molar-refractivity contribution is 0.102. The Morgan fingerprint density at radius 3 is 2.29 bits per heavy atom. The fourth-order valence-electron chi connectivity index (χ4n) is 2.78. The zero-order chi connectivity index (χ0) is 20.3. The molecule has 0 aromatic heterocycles. The normalized spacial score (nSPS) is 11.1. The molecule has 1 amide bonds. The van der Waals surface area contributed by atoms with Crippen LogP contribution in [-0.2, 0) is 10.0 Å². The van der Waals surface area contributed by atoms with Crippen LogP contribution in [0.25, 0.3) is 0 Å². The summed E-state index contributed by atoms with van der Waals surface area (Å²) in [4.78, 5) is 12.6. The lowest BCUT2D eigenvalue weighted by Gasteiger charge is -2.12. The quantitative estimate of drug-likeness (QED) is 0.661. The van der Waals surface area contributed by atoms with E-state index in [1.165, 1.54) is 12.1 Å². The van der Waals surface area contributed by atoms with Crippen molar-refractivity contribution in [2.75, 3.05) is 10.0 Å². The molecule has 0 spiro atoms. The minimum absolute atomic E-state index is 0.0327. The molecule has 5 nitrogen and oxygen atoms in total. The molecule has 144 valence electrons. The highest BCUT2D eigenvalue weighted by molar-refractivity contribution is 7.92. The SMILES string of the molecule is Cc1cccc(NC(=O)c2cccc(S(=O)(=O)Nc3cc(C)ccc3C)c2)c1. The first kappa shape index (κ1) is 19.6. The van der Waals surface area contributed by atoms with Crippen LogP contribution in [-0.4, -0.2) is 14.3 Å². The minimum atomic E-state index is -3.82. The Balaban J connectivity index is 1.85. The lowest BCUT2D eigenvalue weighted by atomic mass is 10.1. The van der Waals surface area contributed by atoms with Gasteiger partial charge in [0.05, 0.1) is 10.6 Å². The van der Waals surface area contributed by atoms with Gasteiger partial charge in [0.2, 0.25) is 0 Å². The number of carbonyl (C=O) groups excluding carboxylic acids is 1. The molecule has 0 heterocycles. The summed E-state index contributed by atoms with van der Waals surface area (Å²) in [6.45, 7) is 5.66. The summed E-state index contributed by atoms with van der Waals surface area (Å²) >= 11 is 0. The Kier molecular flexibility index (Phi) is 5.51. The van der Waals surface area contributed by atoms with Crippen LogP contribution >= 0.6 is 0 Å². The predicted molar refractivity (Wildman–Crippen MR) is 112 cm³/mol. The second-order valence-electron chi connectivity index (χ2n) is 6.78. The Morgan fingerprint density at radius 1 is 0.821 bits per heavy atom. The standard InChI is InChI=1S/C22H22N2O3S/c1-15-6-4-8-19(12-15)23-22(25)18-7-5-9-20(14-18)28(26,27)24-21-13-16(2)10-11-17(21)3/h4-14,24H,1-3H3,(H,23,25). The number of hydrogen-bond acceptors (Lipinski definition) is 3. The summed E-state index contributed by atoms with van der Waals surface area (Å²) in [5, 5.41) is 2.79. The van der Waals surface area contributed by atoms with Crippen molar-refractivity contribution >= 4 is 27.3 Å². The molecule has 0 aliphatic heterocycles. The molecule has 0 atom stereocenters. The van der Waals surface area contributed by atoms with Crippen LogP contribution < -0.4 is 10.0 Å². The number of amides is 1. The van der Waals surface area contributed by atoms with Crippen molar-refractivity contribution in [3.8, 4) is 0 Å². The summed E-state index contributed by atoms with van der Waals surface area (Å²) in [5.41, 5.74) is 4.25. The summed E-state index contributed by atoms with van der Waals surface area (Å²) in [6, 6.07) is 19.0. The minimum Gasteiger partial charge on any atom is -0.322 e. The van der Waals surface area contributed by atoms with E-state index >= 15 is 0 Å². The van der Waals surface area contributed by atoms with E-state index in [0.29, 0.717) is 11.4 Å². The fraction of sp³-hybridized carbons (Fsp3) is 0.136. The van der Waals surface area contributed by atoms with Gasteiger partial charge in [-0.3, -0.25) is 9.52 Å². The van der Waals surface area contributed by atoms with Crippen LogP contribution in [0, 0.1) is 20.8 Å². The molecule has 0 fully saturated rings. The van der Waals surface area contributed by atoms with E-state index in [9.17, 15) is 13.2 Å². The molecular formula is C22H22N2O3S. The van der Waals surface area contributed by atoms with Crippen molar-refractivity contribution in [1.82, 2.24) is 0 Å². The van der Waals surface area contributed by atoms with Gasteiger partial charge in [-0.2, -0.15) is 0 Å². The fourth-order valence-corrected chi connectivity index (χ4v) is 3.95. The number of hydrogen-bond donors (Lipinski definition) is 2. The Labute approximate surface area is 165 Å². The molecule has 0 saturated carbocycles. The molecule has 0 aliphatic carbocycles. The predicted octanol–water partition coefficient (Wildman–Crippen LogP) is 4.66. The van der Waals surface area contributed by atoms with Crippen molar-refractivity contribution < 1.29 is 13.2 Å². The number of aryl methyl sites for hydroxylation is 3. The highest BCUT2D eigenvalue weighted by Crippen LogP contribution is 2.22. The summed E-state index contributed by atoms with van der Waals surface area (Å²) in [7, 11) is -3.82. The maximum Gasteiger partial charge on any atom is 0.261 e. The van der Waals surface area contributed by atoms with E-state index in [2.05, 4.69) is 10.0 Å². The first-order chi connectivity index (χ1) is 13.2. The van der Waals surface area contributed by atoms with Gasteiger partial charge in [-0.15, -0.1) is 0 Å². The van der Waals surface area contributed by atoms with Crippen LogP contribution in [0.4, 0.5) is 11.4 Å². The van der Waals surface area contributed by atoms with Crippen LogP contribution in [0.3, 0.4) is 0 Å². The molecule has 0 unspecified atom stereocenters. The van der Waals surface area contributed by atoms with Crippen LogP contribution in [0.2, 0.25) is 0 Å². The molecule has 0 radical (unpaired) electrons. The highest BCUT2D eigenvalue weighted by atomic mass is 32.2. The third-order valence-corrected chi connectivity index (χ3v) is 5.68. The molecule has 0 aliphatic rings. The zero-order valence-corrected chi connectivity index (χ0v) is 16.8. The van der Waals surface area contributed by atoms with Crippen molar-refractivity contribution in [3.05, 3.63) is 89.0 Å². The summed E-state index contributed by atoms with van der Waals surface area (Å²) in [5.74, 6) is -0.366. The van der Waals surface area contributed by atoms with E-state index < -0.39 is 10.0 Å². The second kappa shape index (κ2) is 7.86. The van der Waals surface area contributed by atoms with Gasteiger partial charge in [-0.25, -0.2) is 8.42 Å². The van der Waals surface area contributed by atoms with E-state index in [4.69, 9.17) is 0 Å². The average molecular weight is 394 g/mol. The van der Waals surface area contributed by atoms with E-state index in [-0.39, 0.29) is 16.4 Å². The molecule has 3 aromatic rings. The largest absolute Gasteiger partial charge is 0.322 e. The van der Waals surface area contributed by atoms with Gasteiger partial charge in [0.1, 0.15) is 0 Å². The van der Waals surface area contributed by atoms with Gasteiger partial charge in [-0.05, 0) is 73.9 Å². The number of rotatable bonds is 5. The maximum atomic E-state index is 12.8. The summed E-state index contributed by atoms with van der Waals surface area (Å²) in [6.07, 6.45) is 0. The van der Waals surface area contributed by atoms with Gasteiger partial charge in [0, 0.05) is 11.3 Å². The smallest absolute Gasteiger partial charge is 0.261 e. The Bertz CT molecular complexity index is 1140. The third kappa shape index (κ3) is 4.58. The monoisotopic (exact) mass is 394 g/mol. The second-order valence-corrected chi connectivity index (χ2v) is 8.46. The van der Waals surface area contributed by atoms with Gasteiger partial charge in [0.15, 0.2) is 0 Å². The van der Waals surface area contributed by atoms with E-state index in [1.54, 1.807) is 24.3 Å². The molecule has 28 heavy (non-hydrogen) atoms. The average Bonchev–Trinajstić information content (AvgIpc) is 2.64. The van der Waals surface area contributed by atoms with Crippen LogP contribution in [0.5, 0.6) is 0 Å². The molecule has 3 rings (SSSR count). The van der Waals surface area contributed by atoms with E-state index in [0.717, 1.165) is 16.7 Å². The van der Waals surface area contributed by atoms with Crippen molar-refractivity contribution in [3.63, 3.8) is 0 Å². The zero-order valence-electron chi connectivity index (χ0n) is 16.0. The van der Waals surface area contributed by atoms with Gasteiger partial charge >= 0.3 is 0 Å². The van der Waals surface area contributed by atoms with E-state index in [1.807, 2.05) is 51.1 Å². The Hall–Kier alpha value is -3.12. The molecule has 2 N–H and O–H groups in total. The van der Waals surface area contributed by atoms with Crippen LogP contribution in [0.15, 0.2) is 71.6 Å².